The molecule has 0 bridgehead atoms. The Morgan fingerprint density at radius 1 is 1.11 bits per heavy atom. The minimum atomic E-state index is -1.10. The third-order valence-electron chi connectivity index (χ3n) is 5.97. The van der Waals surface area contributed by atoms with Crippen molar-refractivity contribution >= 4 is 34.9 Å². The van der Waals surface area contributed by atoms with Crippen LogP contribution in [0.2, 0.25) is 0 Å². The molecule has 180 valence electrons. The lowest BCUT2D eigenvalue weighted by Crippen LogP contribution is -2.51. The largest absolute Gasteiger partial charge is 0.356 e. The predicted octanol–water partition coefficient (Wildman–Crippen LogP) is 1.92. The van der Waals surface area contributed by atoms with Gasteiger partial charge in [0.2, 0.25) is 11.8 Å². The first kappa shape index (κ1) is 24.0. The summed E-state index contributed by atoms with van der Waals surface area (Å²) in [5.41, 5.74) is 1.24. The highest BCUT2D eigenvalue weighted by Gasteiger charge is 2.30. The van der Waals surface area contributed by atoms with Crippen LogP contribution in [0.5, 0.6) is 0 Å². The van der Waals surface area contributed by atoms with Gasteiger partial charge in [0, 0.05) is 24.3 Å². The molecule has 0 saturated carbocycles. The first-order valence-corrected chi connectivity index (χ1v) is 11.4. The number of amides is 3. The number of aromatic nitrogens is 1. The minimum absolute atomic E-state index is 0.00158. The van der Waals surface area contributed by atoms with Gasteiger partial charge in [-0.25, -0.2) is 9.37 Å². The fourth-order valence-electron chi connectivity index (χ4n) is 4.14. The van der Waals surface area contributed by atoms with Crippen LogP contribution in [0.3, 0.4) is 0 Å². The lowest BCUT2D eigenvalue weighted by Gasteiger charge is -2.22. The fourth-order valence-corrected chi connectivity index (χ4v) is 4.14. The van der Waals surface area contributed by atoms with E-state index >= 15 is 0 Å². The molecule has 8 nitrogen and oxygen atoms in total. The Kier molecular flexibility index (Phi) is 7.45. The Balaban J connectivity index is 1.52. The van der Waals surface area contributed by atoms with Crippen LogP contribution in [0.4, 0.5) is 4.39 Å². The third kappa shape index (κ3) is 6.06. The van der Waals surface area contributed by atoms with E-state index in [1.54, 1.807) is 30.3 Å². The van der Waals surface area contributed by atoms with Crippen molar-refractivity contribution in [2.24, 2.45) is 5.92 Å². The number of rotatable bonds is 9. The van der Waals surface area contributed by atoms with Crippen LogP contribution in [0.15, 0.2) is 60.7 Å². The normalized spacial score (nSPS) is 16.8. The summed E-state index contributed by atoms with van der Waals surface area (Å²) in [7, 11) is 0. The monoisotopic (exact) mass is 476 g/mol. The molecular formula is C26H25FN4O4. The summed E-state index contributed by atoms with van der Waals surface area (Å²) in [4.78, 5) is 54.0. The second-order valence-corrected chi connectivity index (χ2v) is 8.51. The van der Waals surface area contributed by atoms with E-state index in [1.807, 2.05) is 12.1 Å². The van der Waals surface area contributed by atoms with E-state index in [9.17, 15) is 23.6 Å². The van der Waals surface area contributed by atoms with Crippen molar-refractivity contribution < 1.29 is 23.6 Å². The highest BCUT2D eigenvalue weighted by Crippen LogP contribution is 2.16. The smallest absolute Gasteiger partial charge is 0.270 e. The van der Waals surface area contributed by atoms with Gasteiger partial charge in [0.1, 0.15) is 23.8 Å². The lowest BCUT2D eigenvalue weighted by molar-refractivity contribution is -0.127. The number of hydrogen-bond donors (Lipinski definition) is 3. The quantitative estimate of drug-likeness (QED) is 0.408. The molecule has 3 amide bonds. The molecule has 3 atom stereocenters. The second kappa shape index (κ2) is 10.9. The molecular weight excluding hydrogens is 451 g/mol. The molecule has 1 fully saturated rings. The van der Waals surface area contributed by atoms with Crippen molar-refractivity contribution in [1.82, 2.24) is 20.9 Å². The SMILES string of the molecule is O=C[C@H](C[C@@H]1CCNC1=O)NC(=O)[C@H](Cc1cccc(F)c1)NC(=O)c1ccc2ccccc2n1. The van der Waals surface area contributed by atoms with Crippen molar-refractivity contribution in [1.29, 1.82) is 0 Å². The molecule has 35 heavy (non-hydrogen) atoms. The molecule has 1 aliphatic heterocycles. The summed E-state index contributed by atoms with van der Waals surface area (Å²) in [6.07, 6.45) is 1.32. The molecule has 0 radical (unpaired) electrons. The van der Waals surface area contributed by atoms with Gasteiger partial charge in [-0.1, -0.05) is 36.4 Å². The van der Waals surface area contributed by atoms with Gasteiger partial charge in [0.05, 0.1) is 11.6 Å². The minimum Gasteiger partial charge on any atom is -0.356 e. The lowest BCUT2D eigenvalue weighted by atomic mass is 9.98. The topological polar surface area (TPSA) is 117 Å². The summed E-state index contributed by atoms with van der Waals surface area (Å²) < 4.78 is 13.7. The zero-order valence-electron chi connectivity index (χ0n) is 18.9. The first-order chi connectivity index (χ1) is 16.9. The third-order valence-corrected chi connectivity index (χ3v) is 5.97. The fraction of sp³-hybridized carbons (Fsp3) is 0.269. The molecule has 2 heterocycles. The number of nitrogens with zero attached hydrogens (tertiary/aromatic N) is 1. The first-order valence-electron chi connectivity index (χ1n) is 11.4. The van der Waals surface area contributed by atoms with Gasteiger partial charge in [0.25, 0.3) is 5.91 Å². The number of benzene rings is 2. The van der Waals surface area contributed by atoms with Gasteiger partial charge in [0.15, 0.2) is 0 Å². The number of carbonyl (C=O) groups excluding carboxylic acids is 4. The van der Waals surface area contributed by atoms with Crippen molar-refractivity contribution in [2.75, 3.05) is 6.54 Å². The highest BCUT2D eigenvalue weighted by molar-refractivity contribution is 5.98. The average molecular weight is 477 g/mol. The van der Waals surface area contributed by atoms with E-state index in [2.05, 4.69) is 20.9 Å². The Hall–Kier alpha value is -4.14. The molecule has 3 N–H and O–H groups in total. The number of hydrogen-bond acceptors (Lipinski definition) is 5. The van der Waals surface area contributed by atoms with Crippen molar-refractivity contribution in [3.63, 3.8) is 0 Å². The maximum absolute atomic E-state index is 13.7. The Morgan fingerprint density at radius 2 is 1.94 bits per heavy atom. The number of nitrogens with one attached hydrogen (secondary N) is 3. The molecule has 2 aromatic carbocycles. The summed E-state index contributed by atoms with van der Waals surface area (Å²) in [6.45, 7) is 0.528. The highest BCUT2D eigenvalue weighted by atomic mass is 19.1. The summed E-state index contributed by atoms with van der Waals surface area (Å²) in [5.74, 6) is -2.19. The van der Waals surface area contributed by atoms with Crippen LogP contribution in [-0.4, -0.2) is 47.6 Å². The van der Waals surface area contributed by atoms with E-state index in [1.165, 1.54) is 18.2 Å². The zero-order valence-corrected chi connectivity index (χ0v) is 18.9. The summed E-state index contributed by atoms with van der Waals surface area (Å²) in [6, 6.07) is 14.3. The van der Waals surface area contributed by atoms with Gasteiger partial charge in [-0.15, -0.1) is 0 Å². The van der Waals surface area contributed by atoms with Crippen LogP contribution < -0.4 is 16.0 Å². The maximum Gasteiger partial charge on any atom is 0.270 e. The van der Waals surface area contributed by atoms with Gasteiger partial charge in [-0.3, -0.25) is 14.4 Å². The molecule has 1 saturated heterocycles. The Labute approximate surface area is 201 Å². The second-order valence-electron chi connectivity index (χ2n) is 8.51. The number of fused-ring (bicyclic) bond motifs is 1. The average Bonchev–Trinajstić information content (AvgIpc) is 3.26. The van der Waals surface area contributed by atoms with E-state index in [0.717, 1.165) is 5.39 Å². The number of pyridine rings is 1. The van der Waals surface area contributed by atoms with Crippen molar-refractivity contribution in [3.8, 4) is 0 Å². The number of carbonyl (C=O) groups is 4. The molecule has 4 rings (SSSR count). The maximum atomic E-state index is 13.7. The molecule has 0 spiro atoms. The van der Waals surface area contributed by atoms with Crippen LogP contribution in [-0.2, 0) is 20.8 Å². The predicted molar refractivity (Wildman–Crippen MR) is 127 cm³/mol. The van der Waals surface area contributed by atoms with Crippen molar-refractivity contribution in [2.45, 2.75) is 31.3 Å². The zero-order chi connectivity index (χ0) is 24.8. The molecule has 1 aliphatic rings. The Morgan fingerprint density at radius 3 is 2.69 bits per heavy atom. The number of aldehydes is 1. The van der Waals surface area contributed by atoms with Crippen LogP contribution in [0.25, 0.3) is 10.9 Å². The number of halogens is 1. The van der Waals surface area contributed by atoms with Gasteiger partial charge < -0.3 is 20.7 Å². The Bertz CT molecular complexity index is 1260. The van der Waals surface area contributed by atoms with E-state index in [0.29, 0.717) is 30.3 Å². The molecule has 3 aromatic rings. The summed E-state index contributed by atoms with van der Waals surface area (Å²) >= 11 is 0. The van der Waals surface area contributed by atoms with Crippen LogP contribution in [0, 0.1) is 11.7 Å². The van der Waals surface area contributed by atoms with E-state index in [-0.39, 0.29) is 30.4 Å². The molecule has 0 unspecified atom stereocenters. The molecule has 9 heteroatoms. The number of para-hydroxylation sites is 1. The van der Waals surface area contributed by atoms with Crippen LogP contribution >= 0.6 is 0 Å². The van der Waals surface area contributed by atoms with Gasteiger partial charge >= 0.3 is 0 Å². The van der Waals surface area contributed by atoms with E-state index in [4.69, 9.17) is 0 Å². The molecule has 0 aliphatic carbocycles. The molecule has 1 aromatic heterocycles. The standard InChI is InChI=1S/C26H25FN4O4/c27-19-6-3-4-16(12-19)13-23(26(35)29-20(15-32)14-18-10-11-28-24(18)33)31-25(34)22-9-8-17-5-1-2-7-21(17)30-22/h1-9,12,15,18,20,23H,10-11,13-14H2,(H,28,33)(H,29,35)(H,31,34)/t18-,20-,23-/m0/s1. The van der Waals surface area contributed by atoms with Gasteiger partial charge in [-0.2, -0.15) is 0 Å². The summed E-state index contributed by atoms with van der Waals surface area (Å²) in [5, 5.41) is 8.85. The van der Waals surface area contributed by atoms with E-state index < -0.39 is 29.7 Å². The van der Waals surface area contributed by atoms with Gasteiger partial charge in [-0.05, 0) is 42.7 Å². The van der Waals surface area contributed by atoms with Crippen molar-refractivity contribution in [3.05, 3.63) is 77.7 Å². The van der Waals surface area contributed by atoms with Crippen LogP contribution in [0.1, 0.15) is 28.9 Å².